The molecule has 6 heteroatoms. The molecule has 1 heterocycles. The third-order valence-electron chi connectivity index (χ3n) is 4.19. The number of carbonyl (C=O) groups excluding carboxylic acids is 2. The van der Waals surface area contributed by atoms with Crippen molar-refractivity contribution in [3.05, 3.63) is 74.3 Å². The fourth-order valence-corrected chi connectivity index (χ4v) is 3.69. The maximum Gasteiger partial charge on any atom is 0.264 e. The minimum absolute atomic E-state index is 0.271. The van der Waals surface area contributed by atoms with Gasteiger partial charge < -0.3 is 10.0 Å². The van der Waals surface area contributed by atoms with E-state index < -0.39 is 11.5 Å². The highest BCUT2D eigenvalue weighted by atomic mass is 127. The number of rotatable bonds is 5. The van der Waals surface area contributed by atoms with Gasteiger partial charge in [0.15, 0.2) is 11.4 Å². The standard InChI is InChI=1S/C19H15BrINO3/c1-2-9-22-16-8-5-13(20)10-15(16)19(25,18(22)24)11-17(23)12-3-6-14(21)7-4-12/h2-8,10,25H,1,9,11H2/t19-/m0/s1. The third-order valence-corrected chi connectivity index (χ3v) is 5.40. The van der Waals surface area contributed by atoms with Crippen LogP contribution in [0.25, 0.3) is 0 Å². The molecule has 2 aromatic rings. The Morgan fingerprint density at radius 3 is 2.60 bits per heavy atom. The average molecular weight is 512 g/mol. The van der Waals surface area contributed by atoms with E-state index in [1.54, 1.807) is 36.4 Å². The zero-order chi connectivity index (χ0) is 18.2. The van der Waals surface area contributed by atoms with E-state index in [0.29, 0.717) is 16.8 Å². The van der Waals surface area contributed by atoms with E-state index in [1.807, 2.05) is 12.1 Å². The summed E-state index contributed by atoms with van der Waals surface area (Å²) in [5.41, 5.74) is -0.360. The molecule has 0 radical (unpaired) electrons. The van der Waals surface area contributed by atoms with Gasteiger partial charge in [-0.3, -0.25) is 9.59 Å². The fourth-order valence-electron chi connectivity index (χ4n) is 2.97. The molecule has 128 valence electrons. The average Bonchev–Trinajstić information content (AvgIpc) is 2.77. The van der Waals surface area contributed by atoms with Crippen LogP contribution >= 0.6 is 38.5 Å². The molecule has 0 saturated heterocycles. The summed E-state index contributed by atoms with van der Waals surface area (Å²) < 4.78 is 1.75. The van der Waals surface area contributed by atoms with Gasteiger partial charge in [-0.15, -0.1) is 6.58 Å². The van der Waals surface area contributed by atoms with Crippen LogP contribution in [0.5, 0.6) is 0 Å². The fraction of sp³-hybridized carbons (Fsp3) is 0.158. The van der Waals surface area contributed by atoms with Gasteiger partial charge in [0.1, 0.15) is 0 Å². The van der Waals surface area contributed by atoms with Crippen LogP contribution in [-0.2, 0) is 10.4 Å². The Morgan fingerprint density at radius 2 is 1.96 bits per heavy atom. The number of anilines is 1. The molecule has 4 nitrogen and oxygen atoms in total. The van der Waals surface area contributed by atoms with Crippen LogP contribution in [0, 0.1) is 3.57 Å². The predicted molar refractivity (Wildman–Crippen MR) is 109 cm³/mol. The number of amides is 1. The van der Waals surface area contributed by atoms with Gasteiger partial charge >= 0.3 is 0 Å². The molecule has 0 unspecified atom stereocenters. The van der Waals surface area contributed by atoms with Crippen molar-refractivity contribution in [2.75, 3.05) is 11.4 Å². The summed E-state index contributed by atoms with van der Waals surface area (Å²) in [6.45, 7) is 3.93. The summed E-state index contributed by atoms with van der Waals surface area (Å²) in [6.07, 6.45) is 1.29. The number of hydrogen-bond donors (Lipinski definition) is 1. The number of aliphatic hydroxyl groups is 1. The quantitative estimate of drug-likeness (QED) is 0.374. The molecule has 1 amide bonds. The van der Waals surface area contributed by atoms with Crippen LogP contribution in [0.4, 0.5) is 5.69 Å². The molecule has 1 aliphatic rings. The number of fused-ring (bicyclic) bond motifs is 1. The van der Waals surface area contributed by atoms with Gasteiger partial charge in [-0.1, -0.05) is 34.1 Å². The highest BCUT2D eigenvalue weighted by Gasteiger charge is 2.50. The molecule has 0 saturated carbocycles. The SMILES string of the molecule is C=CCN1C(=O)[C@](O)(CC(=O)c2ccc(I)cc2)c2cc(Br)ccc21. The molecule has 0 spiro atoms. The molecule has 0 bridgehead atoms. The summed E-state index contributed by atoms with van der Waals surface area (Å²) >= 11 is 5.52. The van der Waals surface area contributed by atoms with Crippen molar-refractivity contribution in [1.82, 2.24) is 0 Å². The van der Waals surface area contributed by atoms with Crippen LogP contribution in [-0.4, -0.2) is 23.3 Å². The number of nitrogens with zero attached hydrogens (tertiary/aromatic N) is 1. The Morgan fingerprint density at radius 1 is 1.28 bits per heavy atom. The number of benzene rings is 2. The molecule has 0 aromatic heterocycles. The molecule has 1 aliphatic heterocycles. The maximum absolute atomic E-state index is 12.9. The Balaban J connectivity index is 2.00. The minimum atomic E-state index is -1.87. The molecular formula is C19H15BrINO3. The van der Waals surface area contributed by atoms with E-state index in [2.05, 4.69) is 45.1 Å². The number of ketones is 1. The topological polar surface area (TPSA) is 57.6 Å². The Kier molecular flexibility index (Phi) is 5.13. The van der Waals surface area contributed by atoms with Crippen molar-refractivity contribution in [3.8, 4) is 0 Å². The summed E-state index contributed by atoms with van der Waals surface area (Å²) in [7, 11) is 0. The van der Waals surface area contributed by atoms with E-state index in [0.717, 1.165) is 8.04 Å². The number of halogens is 2. The van der Waals surface area contributed by atoms with Gasteiger partial charge in [-0.2, -0.15) is 0 Å². The lowest BCUT2D eigenvalue weighted by Gasteiger charge is -2.22. The van der Waals surface area contributed by atoms with E-state index in [-0.39, 0.29) is 18.7 Å². The Hall–Kier alpha value is -1.51. The summed E-state index contributed by atoms with van der Waals surface area (Å²) in [5, 5.41) is 11.2. The third kappa shape index (κ3) is 3.30. The molecule has 0 aliphatic carbocycles. The van der Waals surface area contributed by atoms with Crippen molar-refractivity contribution in [2.24, 2.45) is 0 Å². The first-order chi connectivity index (χ1) is 11.9. The van der Waals surface area contributed by atoms with Gasteiger partial charge in [-0.25, -0.2) is 0 Å². The summed E-state index contributed by atoms with van der Waals surface area (Å²) in [5.74, 6) is -0.780. The lowest BCUT2D eigenvalue weighted by atomic mass is 9.88. The second-order valence-corrected chi connectivity index (χ2v) is 7.99. The highest BCUT2D eigenvalue weighted by molar-refractivity contribution is 14.1. The number of Topliss-reactive ketones (excluding diaryl/α,β-unsaturated/α-hetero) is 1. The van der Waals surface area contributed by atoms with Crippen molar-refractivity contribution in [1.29, 1.82) is 0 Å². The lowest BCUT2D eigenvalue weighted by molar-refractivity contribution is -0.135. The van der Waals surface area contributed by atoms with Gasteiger partial charge in [0.2, 0.25) is 0 Å². The largest absolute Gasteiger partial charge is 0.375 e. The van der Waals surface area contributed by atoms with E-state index in [9.17, 15) is 14.7 Å². The van der Waals surface area contributed by atoms with Gasteiger partial charge in [0.25, 0.3) is 5.91 Å². The Labute approximate surface area is 167 Å². The van der Waals surface area contributed by atoms with Crippen molar-refractivity contribution >= 4 is 55.9 Å². The van der Waals surface area contributed by atoms with Crippen LogP contribution < -0.4 is 4.90 Å². The first kappa shape index (κ1) is 18.3. The second kappa shape index (κ2) is 7.01. The normalized spacial score (nSPS) is 19.0. The summed E-state index contributed by atoms with van der Waals surface area (Å²) in [4.78, 5) is 27.0. The van der Waals surface area contributed by atoms with Crippen molar-refractivity contribution < 1.29 is 14.7 Å². The first-order valence-electron chi connectivity index (χ1n) is 7.61. The minimum Gasteiger partial charge on any atom is -0.375 e. The van der Waals surface area contributed by atoms with Crippen LogP contribution in [0.2, 0.25) is 0 Å². The first-order valence-corrected chi connectivity index (χ1v) is 9.48. The molecule has 2 aromatic carbocycles. The van der Waals surface area contributed by atoms with Gasteiger partial charge in [-0.05, 0) is 52.9 Å². The number of carbonyl (C=O) groups is 2. The van der Waals surface area contributed by atoms with Crippen LogP contribution in [0.3, 0.4) is 0 Å². The van der Waals surface area contributed by atoms with E-state index >= 15 is 0 Å². The highest BCUT2D eigenvalue weighted by Crippen LogP contribution is 2.44. The number of hydrogen-bond acceptors (Lipinski definition) is 3. The molecule has 1 atom stereocenters. The molecule has 3 rings (SSSR count). The van der Waals surface area contributed by atoms with Gasteiger partial charge in [0, 0.05) is 25.7 Å². The molecule has 25 heavy (non-hydrogen) atoms. The van der Waals surface area contributed by atoms with Crippen LogP contribution in [0.1, 0.15) is 22.3 Å². The smallest absolute Gasteiger partial charge is 0.264 e. The molecule has 1 N–H and O–H groups in total. The summed E-state index contributed by atoms with van der Waals surface area (Å²) in [6, 6.07) is 12.3. The lowest BCUT2D eigenvalue weighted by Crippen LogP contribution is -2.41. The Bertz CT molecular complexity index is 865. The van der Waals surface area contributed by atoms with E-state index in [1.165, 1.54) is 4.90 Å². The predicted octanol–water partition coefficient (Wildman–Crippen LogP) is 4.05. The van der Waals surface area contributed by atoms with Gasteiger partial charge in [0.05, 0.1) is 12.1 Å². The molecular weight excluding hydrogens is 497 g/mol. The monoisotopic (exact) mass is 511 g/mol. The van der Waals surface area contributed by atoms with Crippen molar-refractivity contribution in [2.45, 2.75) is 12.0 Å². The van der Waals surface area contributed by atoms with Crippen LogP contribution in [0.15, 0.2) is 59.6 Å². The zero-order valence-electron chi connectivity index (χ0n) is 13.2. The zero-order valence-corrected chi connectivity index (χ0v) is 17.0. The molecule has 0 fully saturated rings. The second-order valence-electron chi connectivity index (χ2n) is 5.83. The van der Waals surface area contributed by atoms with Crippen molar-refractivity contribution in [3.63, 3.8) is 0 Å². The maximum atomic E-state index is 12.9. The van der Waals surface area contributed by atoms with E-state index in [4.69, 9.17) is 0 Å².